The monoisotopic (exact) mass is 297 g/mol. The van der Waals surface area contributed by atoms with Crippen molar-refractivity contribution in [2.75, 3.05) is 0 Å². The first-order valence-corrected chi connectivity index (χ1v) is 2.53. The van der Waals surface area contributed by atoms with Gasteiger partial charge in [-0.05, 0) is 0 Å². The van der Waals surface area contributed by atoms with Crippen LogP contribution in [0, 0.1) is 6.92 Å². The molecule has 0 bridgehead atoms. The minimum Gasteiger partial charge on any atom is -0.339 e. The molecule has 0 aliphatic heterocycles. The molecule has 0 saturated heterocycles. The molecule has 0 amide bonds. The van der Waals surface area contributed by atoms with E-state index in [0.717, 1.165) is 0 Å². The Labute approximate surface area is 69.3 Å². The van der Waals surface area contributed by atoms with E-state index >= 15 is 0 Å². The maximum atomic E-state index is 10.4. The van der Waals surface area contributed by atoms with Gasteiger partial charge in [-0.1, -0.05) is 6.92 Å². The summed E-state index contributed by atoms with van der Waals surface area (Å²) in [7, 11) is 0. The van der Waals surface area contributed by atoms with E-state index in [4.69, 9.17) is 0 Å². The summed E-state index contributed by atoms with van der Waals surface area (Å²) in [6.45, 7) is 4.79. The van der Waals surface area contributed by atoms with Gasteiger partial charge >= 0.3 is 0 Å². The second kappa shape index (κ2) is 6.02. The Morgan fingerprint density at radius 2 is 1.89 bits per heavy atom. The van der Waals surface area contributed by atoms with Crippen molar-refractivity contribution in [3.8, 4) is 0 Å². The molecular formula is C6H9O2W-. The molecule has 0 rings (SSSR count). The molecule has 0 aliphatic rings. The van der Waals surface area contributed by atoms with Crippen molar-refractivity contribution in [1.29, 1.82) is 0 Å². The molecule has 0 fully saturated rings. The Morgan fingerprint density at radius 3 is 2.00 bits per heavy atom. The number of ketones is 2. The van der Waals surface area contributed by atoms with Gasteiger partial charge in [0.15, 0.2) is 0 Å². The van der Waals surface area contributed by atoms with Crippen LogP contribution in [0.2, 0.25) is 0 Å². The Morgan fingerprint density at radius 1 is 1.44 bits per heavy atom. The minimum atomic E-state index is -0.295. The normalized spacial score (nSPS) is 7.67. The third kappa shape index (κ3) is 7.90. The molecule has 9 heavy (non-hydrogen) atoms. The molecule has 0 heterocycles. The van der Waals surface area contributed by atoms with E-state index in [-0.39, 0.29) is 39.1 Å². The molecular weight excluding hydrogens is 288 g/mol. The van der Waals surface area contributed by atoms with Gasteiger partial charge in [0.1, 0.15) is 5.78 Å². The van der Waals surface area contributed by atoms with Gasteiger partial charge in [0.2, 0.25) is 0 Å². The SMILES string of the molecule is [CH2-]C(=O)CC(=O)CC.[W]. The van der Waals surface area contributed by atoms with E-state index in [9.17, 15) is 9.59 Å². The molecule has 3 heteroatoms. The smallest absolute Gasteiger partial charge is 0.137 e. The summed E-state index contributed by atoms with van der Waals surface area (Å²) in [4.78, 5) is 20.4. The van der Waals surface area contributed by atoms with Crippen LogP contribution in [-0.4, -0.2) is 11.6 Å². The van der Waals surface area contributed by atoms with Gasteiger partial charge < -0.3 is 11.7 Å². The number of carbonyl (C=O) groups excluding carboxylic acids is 2. The molecule has 0 saturated carbocycles. The summed E-state index contributed by atoms with van der Waals surface area (Å²) in [5.41, 5.74) is 0. The molecule has 52 valence electrons. The van der Waals surface area contributed by atoms with Crippen molar-refractivity contribution in [3.63, 3.8) is 0 Å². The van der Waals surface area contributed by atoms with Crippen molar-refractivity contribution >= 4 is 11.6 Å². The van der Waals surface area contributed by atoms with Gasteiger partial charge in [-0.2, -0.15) is 0 Å². The van der Waals surface area contributed by atoms with Crippen LogP contribution in [0.4, 0.5) is 0 Å². The molecule has 0 N–H and O–H groups in total. The molecule has 0 aromatic rings. The quantitative estimate of drug-likeness (QED) is 0.569. The van der Waals surface area contributed by atoms with E-state index in [1.165, 1.54) is 0 Å². The third-order valence-electron chi connectivity index (χ3n) is 0.789. The van der Waals surface area contributed by atoms with Crippen molar-refractivity contribution in [2.45, 2.75) is 19.8 Å². The molecule has 0 aliphatic carbocycles. The maximum Gasteiger partial charge on any atom is 0.137 e. The van der Waals surface area contributed by atoms with Crippen molar-refractivity contribution in [2.24, 2.45) is 0 Å². The number of carbonyl (C=O) groups is 2. The predicted octanol–water partition coefficient (Wildman–Crippen LogP) is 0.756. The van der Waals surface area contributed by atoms with Crippen LogP contribution in [-0.2, 0) is 30.7 Å². The fourth-order valence-electron chi connectivity index (χ4n) is 0.345. The van der Waals surface area contributed by atoms with E-state index < -0.39 is 0 Å². The van der Waals surface area contributed by atoms with Gasteiger partial charge in [-0.25, -0.2) is 0 Å². The van der Waals surface area contributed by atoms with Crippen molar-refractivity contribution in [1.82, 2.24) is 0 Å². The van der Waals surface area contributed by atoms with Crippen molar-refractivity contribution in [3.05, 3.63) is 6.92 Å². The first-order valence-electron chi connectivity index (χ1n) is 2.53. The molecule has 0 aromatic heterocycles. The van der Waals surface area contributed by atoms with Gasteiger partial charge in [0.25, 0.3) is 0 Å². The fourth-order valence-corrected chi connectivity index (χ4v) is 0.345. The number of hydrogen-bond acceptors (Lipinski definition) is 2. The molecule has 0 radical (unpaired) electrons. The second-order valence-corrected chi connectivity index (χ2v) is 1.61. The first kappa shape index (κ1) is 11.7. The van der Waals surface area contributed by atoms with Crippen LogP contribution in [0.3, 0.4) is 0 Å². The zero-order chi connectivity index (χ0) is 6.57. The second-order valence-electron chi connectivity index (χ2n) is 1.61. The maximum absolute atomic E-state index is 10.4. The summed E-state index contributed by atoms with van der Waals surface area (Å²) < 4.78 is 0. The summed E-state index contributed by atoms with van der Waals surface area (Å²) in [5.74, 6) is -0.332. The van der Waals surface area contributed by atoms with E-state index in [2.05, 4.69) is 6.92 Å². The zero-order valence-corrected chi connectivity index (χ0v) is 8.28. The molecule has 0 atom stereocenters. The summed E-state index contributed by atoms with van der Waals surface area (Å²) >= 11 is 0. The average Bonchev–Trinajstić information content (AvgIpc) is 1.65. The number of rotatable bonds is 3. The Bertz CT molecular complexity index is 110. The number of Topliss-reactive ketones (excluding diaryl/α,β-unsaturated/α-hetero) is 2. The van der Waals surface area contributed by atoms with E-state index in [1.807, 2.05) is 0 Å². The summed E-state index contributed by atoms with van der Waals surface area (Å²) in [6.07, 6.45) is 0.428. The van der Waals surface area contributed by atoms with Crippen LogP contribution in [0.5, 0.6) is 0 Å². The Hall–Kier alpha value is -0.102. The van der Waals surface area contributed by atoms with Crippen LogP contribution >= 0.6 is 0 Å². The van der Waals surface area contributed by atoms with E-state index in [1.54, 1.807) is 6.92 Å². The largest absolute Gasteiger partial charge is 0.339 e. The van der Waals surface area contributed by atoms with Crippen LogP contribution in [0.25, 0.3) is 0 Å². The molecule has 0 aromatic carbocycles. The van der Waals surface area contributed by atoms with Crippen LogP contribution < -0.4 is 0 Å². The average molecular weight is 297 g/mol. The molecule has 0 spiro atoms. The Balaban J connectivity index is 0. The topological polar surface area (TPSA) is 34.1 Å². The van der Waals surface area contributed by atoms with Crippen molar-refractivity contribution < 1.29 is 30.7 Å². The Kier molecular flexibility index (Phi) is 7.81. The zero-order valence-electron chi connectivity index (χ0n) is 5.35. The summed E-state index contributed by atoms with van der Waals surface area (Å²) in [5, 5.41) is 0. The molecule has 0 unspecified atom stereocenters. The van der Waals surface area contributed by atoms with Gasteiger partial charge in [0, 0.05) is 39.7 Å². The fraction of sp³-hybridized carbons (Fsp3) is 0.500. The third-order valence-corrected chi connectivity index (χ3v) is 0.789. The number of hydrogen-bond donors (Lipinski definition) is 0. The standard InChI is InChI=1S/C6H9O2.W/c1-3-6(8)4-5(2)7;/h2-4H2,1H3;/q-1;. The summed E-state index contributed by atoms with van der Waals surface area (Å²) in [6, 6.07) is 0. The van der Waals surface area contributed by atoms with Gasteiger partial charge in [-0.3, -0.25) is 4.79 Å². The molecule has 2 nitrogen and oxygen atoms in total. The van der Waals surface area contributed by atoms with Crippen LogP contribution in [0.15, 0.2) is 0 Å². The predicted molar refractivity (Wildman–Crippen MR) is 30.3 cm³/mol. The van der Waals surface area contributed by atoms with Crippen LogP contribution in [0.1, 0.15) is 19.8 Å². The first-order chi connectivity index (χ1) is 3.66. The van der Waals surface area contributed by atoms with E-state index in [0.29, 0.717) is 6.42 Å². The minimum absolute atomic E-state index is 0. The van der Waals surface area contributed by atoms with Gasteiger partial charge in [-0.15, -0.1) is 0 Å². The van der Waals surface area contributed by atoms with Gasteiger partial charge in [0.05, 0.1) is 0 Å².